The first-order valence-corrected chi connectivity index (χ1v) is 7.83. The standard InChI is InChI=1S/C19H19NO2/c21-18-11-13-6-2-1-5-12(13)9-14(18)10-16-15-7-3-4-8-17(15)20-19(16)22/h3-4,7-11,19-22H,1-2,5-6H2. The number of phenolic OH excluding ortho intramolecular Hbond substituents is 1. The molecule has 4 rings (SSSR count). The van der Waals surface area contributed by atoms with Gasteiger partial charge in [0.2, 0.25) is 0 Å². The number of para-hydroxylation sites is 1. The Bertz CT molecular complexity index is 764. The maximum Gasteiger partial charge on any atom is 0.151 e. The second-order valence-electron chi connectivity index (χ2n) is 6.08. The van der Waals surface area contributed by atoms with Gasteiger partial charge in [-0.3, -0.25) is 0 Å². The van der Waals surface area contributed by atoms with E-state index in [1.54, 1.807) is 0 Å². The van der Waals surface area contributed by atoms with Crippen molar-refractivity contribution in [2.45, 2.75) is 31.9 Å². The molecule has 1 heterocycles. The summed E-state index contributed by atoms with van der Waals surface area (Å²) in [6.07, 6.45) is 5.70. The fourth-order valence-electron chi connectivity index (χ4n) is 3.46. The van der Waals surface area contributed by atoms with E-state index in [-0.39, 0.29) is 0 Å². The minimum Gasteiger partial charge on any atom is -0.507 e. The molecule has 22 heavy (non-hydrogen) atoms. The van der Waals surface area contributed by atoms with Crippen molar-refractivity contribution in [3.05, 3.63) is 58.7 Å². The van der Waals surface area contributed by atoms with Crippen molar-refractivity contribution >= 4 is 17.3 Å². The Kier molecular flexibility index (Phi) is 3.16. The molecule has 0 saturated carbocycles. The maximum absolute atomic E-state index is 10.3. The van der Waals surface area contributed by atoms with E-state index in [0.29, 0.717) is 5.75 Å². The van der Waals surface area contributed by atoms with Gasteiger partial charge in [0.05, 0.1) is 0 Å². The first-order valence-electron chi connectivity index (χ1n) is 7.83. The van der Waals surface area contributed by atoms with Crippen LogP contribution >= 0.6 is 0 Å². The van der Waals surface area contributed by atoms with Crippen molar-refractivity contribution in [3.8, 4) is 5.75 Å². The lowest BCUT2D eigenvalue weighted by Gasteiger charge is -2.17. The van der Waals surface area contributed by atoms with Crippen LogP contribution in [0.4, 0.5) is 5.69 Å². The van der Waals surface area contributed by atoms with Crippen LogP contribution in [0, 0.1) is 0 Å². The van der Waals surface area contributed by atoms with Crippen molar-refractivity contribution in [1.29, 1.82) is 0 Å². The third kappa shape index (κ3) is 2.18. The number of phenols is 1. The number of aliphatic hydroxyl groups excluding tert-OH is 1. The zero-order valence-corrected chi connectivity index (χ0v) is 12.3. The van der Waals surface area contributed by atoms with Crippen LogP contribution in [0.15, 0.2) is 36.4 Å². The average Bonchev–Trinajstić information content (AvgIpc) is 2.84. The van der Waals surface area contributed by atoms with E-state index in [2.05, 4.69) is 11.4 Å². The number of aromatic hydroxyl groups is 1. The predicted molar refractivity (Wildman–Crippen MR) is 88.7 cm³/mol. The van der Waals surface area contributed by atoms with Gasteiger partial charge in [0, 0.05) is 22.4 Å². The summed E-state index contributed by atoms with van der Waals surface area (Å²) in [7, 11) is 0. The van der Waals surface area contributed by atoms with E-state index in [4.69, 9.17) is 0 Å². The highest BCUT2D eigenvalue weighted by Gasteiger charge is 2.24. The Balaban J connectivity index is 1.80. The molecule has 112 valence electrons. The van der Waals surface area contributed by atoms with Crippen molar-refractivity contribution in [3.63, 3.8) is 0 Å². The second-order valence-corrected chi connectivity index (χ2v) is 6.08. The van der Waals surface area contributed by atoms with Gasteiger partial charge in [0.1, 0.15) is 5.75 Å². The van der Waals surface area contributed by atoms with Crippen LogP contribution in [0.2, 0.25) is 0 Å². The molecule has 2 aromatic carbocycles. The number of hydrogen-bond acceptors (Lipinski definition) is 3. The molecule has 0 radical (unpaired) electrons. The van der Waals surface area contributed by atoms with E-state index in [1.807, 2.05) is 36.4 Å². The molecule has 0 bridgehead atoms. The molecule has 0 fully saturated rings. The molecule has 1 aliphatic carbocycles. The summed E-state index contributed by atoms with van der Waals surface area (Å²) in [5.41, 5.74) is 6.10. The molecule has 3 nitrogen and oxygen atoms in total. The summed E-state index contributed by atoms with van der Waals surface area (Å²) in [5, 5.41) is 23.6. The van der Waals surface area contributed by atoms with Gasteiger partial charge in [-0.2, -0.15) is 0 Å². The maximum atomic E-state index is 10.3. The third-order valence-electron chi connectivity index (χ3n) is 4.63. The molecule has 1 unspecified atom stereocenters. The molecule has 3 heteroatoms. The normalized spacial score (nSPS) is 21.3. The van der Waals surface area contributed by atoms with Gasteiger partial charge >= 0.3 is 0 Å². The van der Waals surface area contributed by atoms with E-state index in [1.165, 1.54) is 24.0 Å². The number of benzene rings is 2. The molecule has 0 saturated heterocycles. The molecule has 2 aromatic rings. The quantitative estimate of drug-likeness (QED) is 0.753. The first kappa shape index (κ1) is 13.4. The lowest BCUT2D eigenvalue weighted by atomic mass is 9.89. The molecule has 0 amide bonds. The monoisotopic (exact) mass is 293 g/mol. The molecule has 2 aliphatic rings. The van der Waals surface area contributed by atoms with Crippen molar-refractivity contribution in [2.75, 3.05) is 5.32 Å². The fourth-order valence-corrected chi connectivity index (χ4v) is 3.46. The van der Waals surface area contributed by atoms with Gasteiger partial charge < -0.3 is 15.5 Å². The van der Waals surface area contributed by atoms with Gasteiger partial charge in [-0.1, -0.05) is 18.2 Å². The van der Waals surface area contributed by atoms with E-state index < -0.39 is 6.23 Å². The Morgan fingerprint density at radius 1 is 1.05 bits per heavy atom. The summed E-state index contributed by atoms with van der Waals surface area (Å²) < 4.78 is 0. The molecule has 0 spiro atoms. The van der Waals surface area contributed by atoms with Crippen LogP contribution in [0.25, 0.3) is 11.6 Å². The topological polar surface area (TPSA) is 52.5 Å². The van der Waals surface area contributed by atoms with Gasteiger partial charge in [-0.25, -0.2) is 0 Å². The Labute approximate surface area is 129 Å². The minimum atomic E-state index is -0.729. The second kappa shape index (κ2) is 5.18. The van der Waals surface area contributed by atoms with Gasteiger partial charge in [0.15, 0.2) is 6.23 Å². The number of aliphatic hydroxyl groups is 1. The molecular formula is C19H19NO2. The Morgan fingerprint density at radius 2 is 1.77 bits per heavy atom. The summed E-state index contributed by atoms with van der Waals surface area (Å²) in [6, 6.07) is 11.8. The number of fused-ring (bicyclic) bond motifs is 2. The van der Waals surface area contributed by atoms with Crippen molar-refractivity contribution in [1.82, 2.24) is 0 Å². The van der Waals surface area contributed by atoms with Gasteiger partial charge in [-0.05, 0) is 61.1 Å². The number of aryl methyl sites for hydroxylation is 2. The van der Waals surface area contributed by atoms with E-state index >= 15 is 0 Å². The molecule has 0 aromatic heterocycles. The lowest BCUT2D eigenvalue weighted by molar-refractivity contribution is 0.266. The number of rotatable bonds is 1. The highest BCUT2D eigenvalue weighted by Crippen LogP contribution is 2.37. The van der Waals surface area contributed by atoms with Gasteiger partial charge in [0.25, 0.3) is 0 Å². The van der Waals surface area contributed by atoms with Crippen LogP contribution in [-0.4, -0.2) is 16.4 Å². The Morgan fingerprint density at radius 3 is 2.59 bits per heavy atom. The molecule has 1 aliphatic heterocycles. The Hall–Kier alpha value is -2.26. The lowest BCUT2D eigenvalue weighted by Crippen LogP contribution is -2.12. The molecule has 1 atom stereocenters. The zero-order chi connectivity index (χ0) is 15.1. The van der Waals surface area contributed by atoms with Crippen LogP contribution in [-0.2, 0) is 12.8 Å². The van der Waals surface area contributed by atoms with Crippen LogP contribution < -0.4 is 5.32 Å². The average molecular weight is 293 g/mol. The van der Waals surface area contributed by atoms with Gasteiger partial charge in [-0.15, -0.1) is 0 Å². The largest absolute Gasteiger partial charge is 0.507 e. The first-order chi connectivity index (χ1) is 10.7. The summed E-state index contributed by atoms with van der Waals surface area (Å²) in [6.45, 7) is 0. The van der Waals surface area contributed by atoms with Crippen molar-refractivity contribution in [2.24, 2.45) is 0 Å². The summed E-state index contributed by atoms with van der Waals surface area (Å²) >= 11 is 0. The van der Waals surface area contributed by atoms with Crippen LogP contribution in [0.3, 0.4) is 0 Å². The summed E-state index contributed by atoms with van der Waals surface area (Å²) in [4.78, 5) is 0. The van der Waals surface area contributed by atoms with E-state index in [9.17, 15) is 10.2 Å². The third-order valence-corrected chi connectivity index (χ3v) is 4.63. The number of hydrogen-bond donors (Lipinski definition) is 3. The number of nitrogens with one attached hydrogen (secondary N) is 1. The highest BCUT2D eigenvalue weighted by molar-refractivity contribution is 5.94. The molecule has 3 N–H and O–H groups in total. The SMILES string of the molecule is Oc1cc2c(cc1C=C1c3ccccc3NC1O)CCCC2. The van der Waals surface area contributed by atoms with Crippen LogP contribution in [0.1, 0.15) is 35.1 Å². The highest BCUT2D eigenvalue weighted by atomic mass is 16.3. The van der Waals surface area contributed by atoms with Crippen molar-refractivity contribution < 1.29 is 10.2 Å². The zero-order valence-electron chi connectivity index (χ0n) is 12.3. The molecular weight excluding hydrogens is 274 g/mol. The number of anilines is 1. The van der Waals surface area contributed by atoms with E-state index in [0.717, 1.165) is 35.2 Å². The predicted octanol–water partition coefficient (Wildman–Crippen LogP) is 3.56. The summed E-state index contributed by atoms with van der Waals surface area (Å²) in [5.74, 6) is 0.296. The fraction of sp³-hybridized carbons (Fsp3) is 0.263. The minimum absolute atomic E-state index is 0.296. The van der Waals surface area contributed by atoms with Crippen LogP contribution in [0.5, 0.6) is 5.75 Å². The smallest absolute Gasteiger partial charge is 0.151 e.